The van der Waals surface area contributed by atoms with Crippen molar-refractivity contribution in [2.24, 2.45) is 0 Å². The van der Waals surface area contributed by atoms with Crippen molar-refractivity contribution in [3.8, 4) is 0 Å². The molecule has 5 nitrogen and oxygen atoms in total. The lowest BCUT2D eigenvalue weighted by Crippen LogP contribution is -2.30. The Morgan fingerprint density at radius 1 is 1.12 bits per heavy atom. The highest BCUT2D eigenvalue weighted by Crippen LogP contribution is 2.36. The fraction of sp³-hybridized carbons (Fsp3) is 0.118. The third-order valence-corrected chi connectivity index (χ3v) is 5.07. The van der Waals surface area contributed by atoms with Crippen LogP contribution < -0.4 is 0 Å². The molecule has 1 heterocycles. The van der Waals surface area contributed by atoms with E-state index in [-0.39, 0.29) is 28.0 Å². The highest BCUT2D eigenvalue weighted by atomic mass is 32.2. The Bertz CT molecular complexity index is 891. The quantitative estimate of drug-likeness (QED) is 0.495. The molecule has 1 fully saturated rings. The van der Waals surface area contributed by atoms with E-state index in [2.05, 4.69) is 0 Å². The van der Waals surface area contributed by atoms with Gasteiger partial charge in [-0.3, -0.25) is 14.5 Å². The number of hydrogen-bond acceptors (Lipinski definition) is 5. The van der Waals surface area contributed by atoms with Crippen molar-refractivity contribution in [1.29, 1.82) is 0 Å². The van der Waals surface area contributed by atoms with E-state index in [9.17, 15) is 14.7 Å². The molecule has 1 aliphatic rings. The number of aliphatic carboxylic acids is 1. The molecule has 0 radical (unpaired) electrons. The lowest BCUT2D eigenvalue weighted by molar-refractivity contribution is -0.137. The SMILES string of the molecule is O=C(O)CCN1C(=O)/C(=C(\O)c2ccc3ccccc3c2)SC1=S. The van der Waals surface area contributed by atoms with Crippen LogP contribution in [0.1, 0.15) is 12.0 Å². The molecule has 7 heteroatoms. The lowest BCUT2D eigenvalue weighted by Gasteiger charge is -2.12. The summed E-state index contributed by atoms with van der Waals surface area (Å²) in [5, 5.41) is 21.2. The number of aliphatic hydroxyl groups excluding tert-OH is 1. The maximum Gasteiger partial charge on any atom is 0.305 e. The molecule has 2 aromatic carbocycles. The van der Waals surface area contributed by atoms with Gasteiger partial charge in [0, 0.05) is 12.1 Å². The number of aliphatic hydroxyl groups is 1. The van der Waals surface area contributed by atoms with E-state index in [1.54, 1.807) is 12.1 Å². The van der Waals surface area contributed by atoms with Gasteiger partial charge in [-0.15, -0.1) is 0 Å². The minimum atomic E-state index is -1.01. The standard InChI is InChI=1S/C17H13NO4S2/c19-13(20)7-8-18-16(22)15(24-17(18)23)14(21)12-6-5-10-3-1-2-4-11(10)9-12/h1-6,9,21H,7-8H2,(H,19,20)/b15-14+. The molecule has 1 aliphatic heterocycles. The fourth-order valence-corrected chi connectivity index (χ4v) is 3.70. The molecule has 0 bridgehead atoms. The van der Waals surface area contributed by atoms with Crippen molar-refractivity contribution >= 4 is 56.7 Å². The first-order chi connectivity index (χ1) is 11.5. The zero-order valence-electron chi connectivity index (χ0n) is 12.4. The molecular weight excluding hydrogens is 346 g/mol. The largest absolute Gasteiger partial charge is 0.506 e. The molecule has 0 unspecified atom stereocenters. The van der Waals surface area contributed by atoms with Gasteiger partial charge in [-0.1, -0.05) is 60.4 Å². The van der Waals surface area contributed by atoms with E-state index < -0.39 is 11.9 Å². The van der Waals surface area contributed by atoms with Gasteiger partial charge in [0.25, 0.3) is 5.91 Å². The Kier molecular flexibility index (Phi) is 4.55. The van der Waals surface area contributed by atoms with Crippen molar-refractivity contribution in [2.75, 3.05) is 6.54 Å². The average Bonchev–Trinajstić information content (AvgIpc) is 2.86. The zero-order valence-corrected chi connectivity index (χ0v) is 14.1. The van der Waals surface area contributed by atoms with Crippen LogP contribution in [0.3, 0.4) is 0 Å². The summed E-state index contributed by atoms with van der Waals surface area (Å²) in [6, 6.07) is 13.1. The third-order valence-electron chi connectivity index (χ3n) is 3.64. The maximum absolute atomic E-state index is 12.4. The number of carbonyl (C=O) groups is 2. The first-order valence-corrected chi connectivity index (χ1v) is 8.37. The topological polar surface area (TPSA) is 77.8 Å². The van der Waals surface area contributed by atoms with E-state index in [1.807, 2.05) is 30.3 Å². The summed E-state index contributed by atoms with van der Waals surface area (Å²) in [5.41, 5.74) is 0.521. The predicted octanol–water partition coefficient (Wildman–Crippen LogP) is 3.40. The average molecular weight is 359 g/mol. The first-order valence-electron chi connectivity index (χ1n) is 7.15. The number of benzene rings is 2. The number of nitrogens with zero attached hydrogens (tertiary/aromatic N) is 1. The Morgan fingerprint density at radius 2 is 1.83 bits per heavy atom. The second-order valence-corrected chi connectivity index (χ2v) is 6.85. The number of hydrogen-bond donors (Lipinski definition) is 2. The van der Waals surface area contributed by atoms with Crippen molar-refractivity contribution in [2.45, 2.75) is 6.42 Å². The first kappa shape index (κ1) is 16.5. The van der Waals surface area contributed by atoms with Crippen LogP contribution >= 0.6 is 24.0 Å². The smallest absolute Gasteiger partial charge is 0.305 e. The summed E-state index contributed by atoms with van der Waals surface area (Å²) in [7, 11) is 0. The van der Waals surface area contributed by atoms with Crippen molar-refractivity contribution in [3.05, 3.63) is 52.9 Å². The van der Waals surface area contributed by atoms with Crippen LogP contribution in [0.5, 0.6) is 0 Å². The number of carboxylic acid groups (broad SMARTS) is 1. The van der Waals surface area contributed by atoms with Gasteiger partial charge in [0.2, 0.25) is 0 Å². The third kappa shape index (κ3) is 3.13. The van der Waals surface area contributed by atoms with E-state index >= 15 is 0 Å². The van der Waals surface area contributed by atoms with Crippen molar-refractivity contribution in [1.82, 2.24) is 4.90 Å². The van der Waals surface area contributed by atoms with Crippen LogP contribution in [0, 0.1) is 0 Å². The molecule has 1 saturated heterocycles. The van der Waals surface area contributed by atoms with Crippen LogP contribution in [0.4, 0.5) is 0 Å². The molecule has 0 atom stereocenters. The van der Waals surface area contributed by atoms with Gasteiger partial charge in [0.05, 0.1) is 6.42 Å². The van der Waals surface area contributed by atoms with Crippen molar-refractivity contribution in [3.63, 3.8) is 0 Å². The van der Waals surface area contributed by atoms with Crippen LogP contribution in [-0.2, 0) is 9.59 Å². The minimum Gasteiger partial charge on any atom is -0.506 e. The van der Waals surface area contributed by atoms with E-state index in [0.717, 1.165) is 22.5 Å². The number of carboxylic acids is 1. The van der Waals surface area contributed by atoms with Gasteiger partial charge in [0.15, 0.2) is 0 Å². The molecule has 122 valence electrons. The van der Waals surface area contributed by atoms with Gasteiger partial charge in [-0.2, -0.15) is 0 Å². The van der Waals surface area contributed by atoms with Crippen LogP contribution in [0.2, 0.25) is 0 Å². The molecule has 24 heavy (non-hydrogen) atoms. The second-order valence-electron chi connectivity index (χ2n) is 5.21. The number of amides is 1. The predicted molar refractivity (Wildman–Crippen MR) is 97.7 cm³/mol. The molecule has 0 saturated carbocycles. The number of thioether (sulfide) groups is 1. The van der Waals surface area contributed by atoms with Gasteiger partial charge >= 0.3 is 5.97 Å². The Balaban J connectivity index is 1.94. The number of carbonyl (C=O) groups excluding carboxylic acids is 1. The maximum atomic E-state index is 12.4. The molecule has 0 aromatic heterocycles. The van der Waals surface area contributed by atoms with E-state index in [0.29, 0.717) is 5.56 Å². The van der Waals surface area contributed by atoms with Gasteiger partial charge in [-0.25, -0.2) is 0 Å². The summed E-state index contributed by atoms with van der Waals surface area (Å²) in [4.78, 5) is 24.4. The summed E-state index contributed by atoms with van der Waals surface area (Å²) < 4.78 is 0.253. The van der Waals surface area contributed by atoms with E-state index in [1.165, 1.54) is 4.90 Å². The van der Waals surface area contributed by atoms with Gasteiger partial charge < -0.3 is 10.2 Å². The zero-order chi connectivity index (χ0) is 17.3. The summed E-state index contributed by atoms with van der Waals surface area (Å²) in [5.74, 6) is -1.61. The molecule has 0 spiro atoms. The van der Waals surface area contributed by atoms with Gasteiger partial charge in [0.1, 0.15) is 15.0 Å². The summed E-state index contributed by atoms with van der Waals surface area (Å²) in [6.07, 6.45) is -0.198. The Morgan fingerprint density at radius 3 is 2.54 bits per heavy atom. The van der Waals surface area contributed by atoms with Crippen LogP contribution in [-0.4, -0.2) is 37.9 Å². The highest BCUT2D eigenvalue weighted by Gasteiger charge is 2.35. The van der Waals surface area contributed by atoms with Crippen LogP contribution in [0.25, 0.3) is 16.5 Å². The second kappa shape index (κ2) is 6.62. The number of fused-ring (bicyclic) bond motifs is 1. The highest BCUT2D eigenvalue weighted by molar-refractivity contribution is 8.26. The Hall–Kier alpha value is -2.38. The monoisotopic (exact) mass is 359 g/mol. The molecule has 1 amide bonds. The number of thiocarbonyl (C=S) groups is 1. The minimum absolute atomic E-state index is 0.00546. The lowest BCUT2D eigenvalue weighted by atomic mass is 10.1. The summed E-state index contributed by atoms with van der Waals surface area (Å²) >= 11 is 6.11. The molecule has 2 N–H and O–H groups in total. The molecule has 3 rings (SSSR count). The normalized spacial score (nSPS) is 16.8. The Labute approximate surface area is 147 Å². The number of rotatable bonds is 4. The van der Waals surface area contributed by atoms with Crippen LogP contribution in [0.15, 0.2) is 47.4 Å². The van der Waals surface area contributed by atoms with Gasteiger partial charge in [-0.05, 0) is 16.8 Å². The fourth-order valence-electron chi connectivity index (χ4n) is 2.41. The summed E-state index contributed by atoms with van der Waals surface area (Å²) in [6.45, 7) is -0.00546. The molecular formula is C17H13NO4S2. The molecule has 0 aliphatic carbocycles. The molecule has 2 aromatic rings. The van der Waals surface area contributed by atoms with E-state index in [4.69, 9.17) is 17.3 Å². The van der Waals surface area contributed by atoms with Crippen molar-refractivity contribution < 1.29 is 19.8 Å².